The second-order valence-electron chi connectivity index (χ2n) is 7.22. The van der Waals surface area contributed by atoms with Crippen molar-refractivity contribution in [2.45, 2.75) is 31.2 Å². The van der Waals surface area contributed by atoms with Crippen molar-refractivity contribution in [2.24, 2.45) is 0 Å². The molecule has 0 spiro atoms. The van der Waals surface area contributed by atoms with E-state index in [1.54, 1.807) is 0 Å². The molecule has 7 nitrogen and oxygen atoms in total. The monoisotopic (exact) mass is 457 g/mol. The Kier molecular flexibility index (Phi) is 7.42. The maximum Gasteiger partial charge on any atom is 0.339 e. The quantitative estimate of drug-likeness (QED) is 0.464. The van der Waals surface area contributed by atoms with E-state index >= 15 is 0 Å². The van der Waals surface area contributed by atoms with E-state index in [9.17, 15) is 22.7 Å². The maximum atomic E-state index is 13.1. The number of sulfonamides is 1. The fraction of sp³-hybridized carbons (Fsp3) is 0.217. The Bertz CT molecular complexity index is 1170. The maximum absolute atomic E-state index is 13.1. The Morgan fingerprint density at radius 2 is 1.81 bits per heavy atom. The molecule has 0 aliphatic rings. The van der Waals surface area contributed by atoms with Gasteiger partial charge in [0.25, 0.3) is 10.0 Å². The first-order chi connectivity index (χ1) is 15.3. The lowest BCUT2D eigenvalue weighted by atomic mass is 10.1. The van der Waals surface area contributed by atoms with Crippen LogP contribution < -0.4 is 9.62 Å². The number of carbonyl (C=O) groups is 1. The van der Waals surface area contributed by atoms with Gasteiger partial charge in [-0.25, -0.2) is 22.6 Å². The molecule has 0 atom stereocenters. The van der Waals surface area contributed by atoms with Crippen molar-refractivity contribution < 1.29 is 22.7 Å². The van der Waals surface area contributed by atoms with Gasteiger partial charge >= 0.3 is 5.97 Å². The van der Waals surface area contributed by atoms with Gasteiger partial charge in [0.05, 0.1) is 16.8 Å². The van der Waals surface area contributed by atoms with E-state index in [1.807, 2.05) is 42.2 Å². The van der Waals surface area contributed by atoms with Crippen LogP contribution in [0.4, 0.5) is 15.9 Å². The van der Waals surface area contributed by atoms with E-state index in [0.717, 1.165) is 42.7 Å². The second kappa shape index (κ2) is 10.2. The summed E-state index contributed by atoms with van der Waals surface area (Å²) in [5.41, 5.74) is 0.893. The number of carboxylic acid groups (broad SMARTS) is 1. The Balaban J connectivity index is 1.93. The summed E-state index contributed by atoms with van der Waals surface area (Å²) in [5.74, 6) is -1.52. The molecular weight excluding hydrogens is 433 g/mol. The Labute approximate surface area is 186 Å². The van der Waals surface area contributed by atoms with Crippen LogP contribution in [0.1, 0.15) is 35.7 Å². The summed E-state index contributed by atoms with van der Waals surface area (Å²) in [6, 6.07) is 15.2. The molecular formula is C23H24FN3O4S. The minimum atomic E-state index is -4.03. The van der Waals surface area contributed by atoms with Crippen molar-refractivity contribution in [3.8, 4) is 0 Å². The number of nitrogens with one attached hydrogen (secondary N) is 1. The van der Waals surface area contributed by atoms with Gasteiger partial charge in [0, 0.05) is 13.1 Å². The molecule has 0 saturated carbocycles. The number of anilines is 2. The standard InChI is InChI=1S/C23H24FN3O4S/c1-2-3-13-27(16-17-7-5-4-6-8-17)22-21(23(28)29)14-19(15-25-22)26-32(30,31)20-11-9-18(24)10-12-20/h4-12,14-15,26H,2-3,13,16H2,1H3,(H,28,29). The number of hydrogen-bond acceptors (Lipinski definition) is 5. The lowest BCUT2D eigenvalue weighted by molar-refractivity contribution is 0.0697. The molecule has 0 aliphatic heterocycles. The molecule has 1 aromatic heterocycles. The summed E-state index contributed by atoms with van der Waals surface area (Å²) in [6.07, 6.45) is 3.04. The number of pyridine rings is 1. The van der Waals surface area contributed by atoms with E-state index in [2.05, 4.69) is 9.71 Å². The van der Waals surface area contributed by atoms with Crippen LogP contribution in [-0.2, 0) is 16.6 Å². The van der Waals surface area contributed by atoms with Crippen LogP contribution in [0, 0.1) is 5.82 Å². The minimum absolute atomic E-state index is 0.00521. The third-order valence-electron chi connectivity index (χ3n) is 4.77. The molecule has 2 aromatic carbocycles. The average molecular weight is 458 g/mol. The fourth-order valence-electron chi connectivity index (χ4n) is 3.16. The highest BCUT2D eigenvalue weighted by atomic mass is 32.2. The number of aromatic nitrogens is 1. The lowest BCUT2D eigenvalue weighted by Gasteiger charge is -2.25. The minimum Gasteiger partial charge on any atom is -0.478 e. The summed E-state index contributed by atoms with van der Waals surface area (Å²) in [4.78, 5) is 18.0. The average Bonchev–Trinajstić information content (AvgIpc) is 2.77. The van der Waals surface area contributed by atoms with Gasteiger partial charge in [-0.15, -0.1) is 0 Å². The zero-order chi connectivity index (χ0) is 23.1. The predicted molar refractivity (Wildman–Crippen MR) is 121 cm³/mol. The number of aromatic carboxylic acids is 1. The molecule has 3 rings (SSSR count). The van der Waals surface area contributed by atoms with Gasteiger partial charge < -0.3 is 10.0 Å². The van der Waals surface area contributed by atoms with E-state index in [1.165, 1.54) is 12.3 Å². The van der Waals surface area contributed by atoms with Gasteiger partial charge in [-0.2, -0.15) is 0 Å². The van der Waals surface area contributed by atoms with E-state index < -0.39 is 21.8 Å². The van der Waals surface area contributed by atoms with Gasteiger partial charge in [0.1, 0.15) is 17.2 Å². The number of hydrogen-bond donors (Lipinski definition) is 2. The van der Waals surface area contributed by atoms with Crippen LogP contribution >= 0.6 is 0 Å². The van der Waals surface area contributed by atoms with Crippen molar-refractivity contribution in [2.75, 3.05) is 16.2 Å². The highest BCUT2D eigenvalue weighted by Gasteiger charge is 2.21. The van der Waals surface area contributed by atoms with Gasteiger partial charge in [0.15, 0.2) is 0 Å². The molecule has 1 heterocycles. The number of nitrogens with zero attached hydrogens (tertiary/aromatic N) is 2. The molecule has 0 unspecified atom stereocenters. The summed E-state index contributed by atoms with van der Waals surface area (Å²) in [6.45, 7) is 3.10. The van der Waals surface area contributed by atoms with E-state index in [4.69, 9.17) is 0 Å². The Hall–Kier alpha value is -3.46. The van der Waals surface area contributed by atoms with Crippen molar-refractivity contribution in [1.29, 1.82) is 0 Å². The van der Waals surface area contributed by atoms with Crippen molar-refractivity contribution in [1.82, 2.24) is 4.98 Å². The zero-order valence-electron chi connectivity index (χ0n) is 17.5. The van der Waals surface area contributed by atoms with Crippen molar-refractivity contribution >= 4 is 27.5 Å². The van der Waals surface area contributed by atoms with E-state index in [0.29, 0.717) is 13.1 Å². The molecule has 168 valence electrons. The van der Waals surface area contributed by atoms with Crippen LogP contribution in [0.3, 0.4) is 0 Å². The summed E-state index contributed by atoms with van der Waals surface area (Å²) in [7, 11) is -4.03. The molecule has 0 saturated heterocycles. The summed E-state index contributed by atoms with van der Waals surface area (Å²) >= 11 is 0. The molecule has 9 heteroatoms. The zero-order valence-corrected chi connectivity index (χ0v) is 18.3. The highest BCUT2D eigenvalue weighted by molar-refractivity contribution is 7.92. The van der Waals surface area contributed by atoms with Gasteiger partial charge in [-0.3, -0.25) is 4.72 Å². The first kappa shape index (κ1) is 23.2. The topological polar surface area (TPSA) is 99.6 Å². The van der Waals surface area contributed by atoms with Crippen LogP contribution in [-0.4, -0.2) is 31.0 Å². The Morgan fingerprint density at radius 3 is 2.44 bits per heavy atom. The lowest BCUT2D eigenvalue weighted by Crippen LogP contribution is -2.27. The van der Waals surface area contributed by atoms with Crippen LogP contribution in [0.15, 0.2) is 71.8 Å². The third-order valence-corrected chi connectivity index (χ3v) is 6.17. The summed E-state index contributed by atoms with van der Waals surface area (Å²) < 4.78 is 40.6. The normalized spacial score (nSPS) is 11.2. The number of carboxylic acids is 1. The number of unbranched alkanes of at least 4 members (excludes halogenated alkanes) is 1. The molecule has 0 radical (unpaired) electrons. The second-order valence-corrected chi connectivity index (χ2v) is 8.90. The largest absolute Gasteiger partial charge is 0.478 e. The van der Waals surface area contributed by atoms with Crippen LogP contribution in [0.25, 0.3) is 0 Å². The van der Waals surface area contributed by atoms with Crippen LogP contribution in [0.5, 0.6) is 0 Å². The number of halogens is 1. The van der Waals surface area contributed by atoms with E-state index in [-0.39, 0.29) is 22.0 Å². The predicted octanol–water partition coefficient (Wildman–Crippen LogP) is 4.53. The number of benzene rings is 2. The van der Waals surface area contributed by atoms with Crippen molar-refractivity contribution in [3.05, 3.63) is 83.8 Å². The first-order valence-corrected chi connectivity index (χ1v) is 11.6. The van der Waals surface area contributed by atoms with Crippen molar-refractivity contribution in [3.63, 3.8) is 0 Å². The molecule has 0 fully saturated rings. The highest BCUT2D eigenvalue weighted by Crippen LogP contribution is 2.25. The Morgan fingerprint density at radius 1 is 1.12 bits per heavy atom. The third kappa shape index (κ3) is 5.82. The fourth-order valence-corrected chi connectivity index (χ4v) is 4.20. The molecule has 3 aromatic rings. The molecule has 2 N–H and O–H groups in total. The molecule has 0 amide bonds. The summed E-state index contributed by atoms with van der Waals surface area (Å²) in [5, 5.41) is 9.79. The molecule has 32 heavy (non-hydrogen) atoms. The van der Waals surface area contributed by atoms with Crippen LogP contribution in [0.2, 0.25) is 0 Å². The molecule has 0 bridgehead atoms. The number of rotatable bonds is 10. The van der Waals surface area contributed by atoms with Gasteiger partial charge in [-0.1, -0.05) is 43.7 Å². The van der Waals surface area contributed by atoms with Gasteiger partial charge in [-0.05, 0) is 42.3 Å². The smallest absolute Gasteiger partial charge is 0.339 e. The van der Waals surface area contributed by atoms with Gasteiger partial charge in [0.2, 0.25) is 0 Å². The first-order valence-electron chi connectivity index (χ1n) is 10.1. The molecule has 0 aliphatic carbocycles. The SMILES string of the molecule is CCCCN(Cc1ccccc1)c1ncc(NS(=O)(=O)c2ccc(F)cc2)cc1C(=O)O.